The van der Waals surface area contributed by atoms with E-state index in [4.69, 9.17) is 5.73 Å². The SMILES string of the molecule is CC(=O)NCCCC[C@@](N)(CS)CN1CCN(C(=O)c2cccc3ccccc23)CC1. The first-order chi connectivity index (χ1) is 14.9. The van der Waals surface area contributed by atoms with E-state index in [1.54, 1.807) is 0 Å². The lowest BCUT2D eigenvalue weighted by Gasteiger charge is -2.40. The highest BCUT2D eigenvalue weighted by Gasteiger charge is 2.29. The number of nitrogens with zero attached hydrogens (tertiary/aromatic N) is 2. The Balaban J connectivity index is 1.51. The molecule has 1 aliphatic rings. The van der Waals surface area contributed by atoms with E-state index in [0.717, 1.165) is 55.2 Å². The minimum atomic E-state index is -0.360. The van der Waals surface area contributed by atoms with Crippen LogP contribution in [0, 0.1) is 0 Å². The van der Waals surface area contributed by atoms with Crippen molar-refractivity contribution in [1.82, 2.24) is 15.1 Å². The standard InChI is InChI=1S/C24H34N4O2S/c1-19(29)26-12-5-4-11-24(25,18-31)17-27-13-15-28(16-14-27)23(30)22-10-6-8-20-7-2-3-9-21(20)22/h2-3,6-10,31H,4-5,11-18,25H2,1H3,(H,26,29)/t24-/m0/s1. The van der Waals surface area contributed by atoms with Crippen molar-refractivity contribution in [1.29, 1.82) is 0 Å². The van der Waals surface area contributed by atoms with Gasteiger partial charge in [0.15, 0.2) is 0 Å². The molecule has 168 valence electrons. The number of nitrogens with two attached hydrogens (primary N) is 1. The van der Waals surface area contributed by atoms with Crippen LogP contribution in [0.25, 0.3) is 10.8 Å². The summed E-state index contributed by atoms with van der Waals surface area (Å²) < 4.78 is 0. The number of benzene rings is 2. The van der Waals surface area contributed by atoms with Gasteiger partial charge in [-0.2, -0.15) is 12.6 Å². The van der Waals surface area contributed by atoms with Crippen LogP contribution < -0.4 is 11.1 Å². The van der Waals surface area contributed by atoms with Crippen LogP contribution in [0.1, 0.15) is 36.5 Å². The highest BCUT2D eigenvalue weighted by molar-refractivity contribution is 7.80. The quantitative estimate of drug-likeness (QED) is 0.412. The molecule has 3 rings (SSSR count). The van der Waals surface area contributed by atoms with Gasteiger partial charge in [-0.25, -0.2) is 0 Å². The largest absolute Gasteiger partial charge is 0.356 e. The van der Waals surface area contributed by atoms with E-state index in [0.29, 0.717) is 25.4 Å². The van der Waals surface area contributed by atoms with E-state index in [1.165, 1.54) is 6.92 Å². The first-order valence-electron chi connectivity index (χ1n) is 11.1. The van der Waals surface area contributed by atoms with Gasteiger partial charge >= 0.3 is 0 Å². The zero-order valence-electron chi connectivity index (χ0n) is 18.3. The Labute approximate surface area is 190 Å². The van der Waals surface area contributed by atoms with Crippen LogP contribution in [0.4, 0.5) is 0 Å². The van der Waals surface area contributed by atoms with Crippen LogP contribution >= 0.6 is 12.6 Å². The number of amides is 2. The molecule has 2 aromatic carbocycles. The molecule has 0 bridgehead atoms. The minimum absolute atomic E-state index is 0.00382. The van der Waals surface area contributed by atoms with Crippen molar-refractivity contribution in [3.8, 4) is 0 Å². The minimum Gasteiger partial charge on any atom is -0.356 e. The lowest BCUT2D eigenvalue weighted by atomic mass is 9.94. The van der Waals surface area contributed by atoms with Crippen molar-refractivity contribution >= 4 is 35.2 Å². The zero-order chi connectivity index (χ0) is 22.3. The van der Waals surface area contributed by atoms with Gasteiger partial charge < -0.3 is 16.0 Å². The molecule has 1 saturated heterocycles. The summed E-state index contributed by atoms with van der Waals surface area (Å²) in [6, 6.07) is 13.9. The molecule has 2 aromatic rings. The zero-order valence-corrected chi connectivity index (χ0v) is 19.2. The Morgan fingerprint density at radius 2 is 1.77 bits per heavy atom. The van der Waals surface area contributed by atoms with E-state index in [2.05, 4.69) is 22.8 Å². The molecule has 0 aromatic heterocycles. The van der Waals surface area contributed by atoms with E-state index < -0.39 is 0 Å². The van der Waals surface area contributed by atoms with Crippen LogP contribution in [-0.2, 0) is 4.79 Å². The third-order valence-electron chi connectivity index (χ3n) is 6.01. The van der Waals surface area contributed by atoms with Crippen molar-refractivity contribution in [2.75, 3.05) is 45.0 Å². The molecule has 0 unspecified atom stereocenters. The summed E-state index contributed by atoms with van der Waals surface area (Å²) in [6.07, 6.45) is 2.74. The maximum Gasteiger partial charge on any atom is 0.254 e. The number of hydrogen-bond donors (Lipinski definition) is 3. The van der Waals surface area contributed by atoms with E-state index in [1.807, 2.05) is 47.4 Å². The molecule has 3 N–H and O–H groups in total. The smallest absolute Gasteiger partial charge is 0.254 e. The van der Waals surface area contributed by atoms with Gasteiger partial charge in [-0.15, -0.1) is 0 Å². The maximum atomic E-state index is 13.2. The number of fused-ring (bicyclic) bond motifs is 1. The summed E-state index contributed by atoms with van der Waals surface area (Å²) >= 11 is 4.50. The first-order valence-corrected chi connectivity index (χ1v) is 11.7. The number of unbranched alkanes of at least 4 members (excludes halogenated alkanes) is 1. The van der Waals surface area contributed by atoms with Crippen LogP contribution in [0.3, 0.4) is 0 Å². The molecule has 0 spiro atoms. The number of thiol groups is 1. The lowest BCUT2D eigenvalue weighted by molar-refractivity contribution is -0.118. The van der Waals surface area contributed by atoms with Gasteiger partial charge in [-0.3, -0.25) is 14.5 Å². The van der Waals surface area contributed by atoms with E-state index in [9.17, 15) is 9.59 Å². The summed E-state index contributed by atoms with van der Waals surface area (Å²) in [5, 5.41) is 4.92. The van der Waals surface area contributed by atoms with Crippen molar-refractivity contribution in [2.45, 2.75) is 31.7 Å². The lowest BCUT2D eigenvalue weighted by Crippen LogP contribution is -2.57. The average molecular weight is 443 g/mol. The highest BCUT2D eigenvalue weighted by atomic mass is 32.1. The number of carbonyl (C=O) groups excluding carboxylic acids is 2. The predicted molar refractivity (Wildman–Crippen MR) is 130 cm³/mol. The van der Waals surface area contributed by atoms with E-state index in [-0.39, 0.29) is 17.4 Å². The summed E-state index contributed by atoms with van der Waals surface area (Å²) in [5.74, 6) is 0.717. The number of hydrogen-bond acceptors (Lipinski definition) is 5. The molecule has 0 aliphatic carbocycles. The van der Waals surface area contributed by atoms with Gasteiger partial charge in [-0.05, 0) is 36.1 Å². The Morgan fingerprint density at radius 3 is 2.48 bits per heavy atom. The summed E-state index contributed by atoms with van der Waals surface area (Å²) in [7, 11) is 0. The molecule has 6 nitrogen and oxygen atoms in total. The molecule has 1 aliphatic heterocycles. The van der Waals surface area contributed by atoms with Crippen LogP contribution in [0.2, 0.25) is 0 Å². The number of piperazine rings is 1. The molecule has 7 heteroatoms. The van der Waals surface area contributed by atoms with Gasteiger partial charge in [-0.1, -0.05) is 36.4 Å². The number of carbonyl (C=O) groups is 2. The fourth-order valence-electron chi connectivity index (χ4n) is 4.21. The topological polar surface area (TPSA) is 78.7 Å². The van der Waals surface area contributed by atoms with Crippen molar-refractivity contribution < 1.29 is 9.59 Å². The molecule has 0 radical (unpaired) electrons. The fourth-order valence-corrected chi connectivity index (χ4v) is 4.47. The van der Waals surface area contributed by atoms with Gasteiger partial charge in [0, 0.05) is 63.0 Å². The molecule has 2 amide bonds. The highest BCUT2D eigenvalue weighted by Crippen LogP contribution is 2.21. The third kappa shape index (κ3) is 6.45. The van der Waals surface area contributed by atoms with E-state index >= 15 is 0 Å². The van der Waals surface area contributed by atoms with Crippen molar-refractivity contribution in [3.63, 3.8) is 0 Å². The van der Waals surface area contributed by atoms with Crippen molar-refractivity contribution in [2.24, 2.45) is 5.73 Å². The number of rotatable bonds is 9. The molecule has 0 saturated carbocycles. The predicted octanol–water partition coefficient (Wildman–Crippen LogP) is 2.53. The maximum absolute atomic E-state index is 13.2. The molecule has 31 heavy (non-hydrogen) atoms. The molecular formula is C24H34N4O2S. The normalized spacial score (nSPS) is 16.8. The molecule has 1 atom stereocenters. The van der Waals surface area contributed by atoms with Crippen molar-refractivity contribution in [3.05, 3.63) is 48.0 Å². The Kier molecular flexibility index (Phi) is 8.35. The van der Waals surface area contributed by atoms with Crippen LogP contribution in [-0.4, -0.2) is 72.2 Å². The molecular weight excluding hydrogens is 408 g/mol. The molecule has 1 fully saturated rings. The van der Waals surface area contributed by atoms with Gasteiger partial charge in [0.2, 0.25) is 5.91 Å². The second-order valence-corrected chi connectivity index (χ2v) is 8.87. The average Bonchev–Trinajstić information content (AvgIpc) is 2.78. The molecule has 1 heterocycles. The summed E-state index contributed by atoms with van der Waals surface area (Å²) in [4.78, 5) is 28.4. The van der Waals surface area contributed by atoms with Gasteiger partial charge in [0.25, 0.3) is 5.91 Å². The summed E-state index contributed by atoms with van der Waals surface area (Å²) in [5.41, 5.74) is 7.04. The number of nitrogens with one attached hydrogen (secondary N) is 1. The monoisotopic (exact) mass is 442 g/mol. The van der Waals surface area contributed by atoms with Crippen LogP contribution in [0.15, 0.2) is 42.5 Å². The first kappa shape index (κ1) is 23.6. The Bertz CT molecular complexity index is 893. The van der Waals surface area contributed by atoms with Crippen LogP contribution in [0.5, 0.6) is 0 Å². The van der Waals surface area contributed by atoms with Gasteiger partial charge in [0.1, 0.15) is 0 Å². The van der Waals surface area contributed by atoms with Gasteiger partial charge in [0.05, 0.1) is 0 Å². The fraction of sp³-hybridized carbons (Fsp3) is 0.500. The summed E-state index contributed by atoms with van der Waals surface area (Å²) in [6.45, 7) is 6.02. The Morgan fingerprint density at radius 1 is 1.06 bits per heavy atom. The third-order valence-corrected chi connectivity index (χ3v) is 6.64. The second-order valence-electron chi connectivity index (χ2n) is 8.56. The Hall–Kier alpha value is -2.09. The second kappa shape index (κ2) is 11.0.